The van der Waals surface area contributed by atoms with Crippen LogP contribution in [0.25, 0.3) is 0 Å². The first-order chi connectivity index (χ1) is 11.5. The lowest BCUT2D eigenvalue weighted by Gasteiger charge is -2.10. The summed E-state index contributed by atoms with van der Waals surface area (Å²) in [5.41, 5.74) is 6.66. The van der Waals surface area contributed by atoms with Gasteiger partial charge in [-0.05, 0) is 43.3 Å². The van der Waals surface area contributed by atoms with E-state index in [9.17, 15) is 14.4 Å². The molecule has 2 rings (SSSR count). The second-order valence-electron chi connectivity index (χ2n) is 4.79. The molecule has 0 heterocycles. The van der Waals surface area contributed by atoms with Gasteiger partial charge in [0.15, 0.2) is 0 Å². The fourth-order valence-corrected chi connectivity index (χ4v) is 2.00. The Hall–Kier alpha value is -3.35. The molecular weight excluding hydrogens is 310 g/mol. The smallest absolute Gasteiger partial charge is 0.338 e. The molecule has 7 nitrogen and oxygen atoms in total. The molecule has 0 spiro atoms. The summed E-state index contributed by atoms with van der Waals surface area (Å²) in [5.74, 6) is -1.06. The molecule has 0 aliphatic heterocycles. The molecule has 124 valence electrons. The van der Waals surface area contributed by atoms with Crippen LogP contribution in [0, 0.1) is 0 Å². The van der Waals surface area contributed by atoms with E-state index < -0.39 is 17.9 Å². The molecule has 0 saturated carbocycles. The van der Waals surface area contributed by atoms with Gasteiger partial charge in [0.2, 0.25) is 0 Å². The van der Waals surface area contributed by atoms with Gasteiger partial charge in [0.1, 0.15) is 0 Å². The summed E-state index contributed by atoms with van der Waals surface area (Å²) in [5, 5.41) is 5.16. The molecule has 7 heteroatoms. The third-order valence-corrected chi connectivity index (χ3v) is 3.09. The van der Waals surface area contributed by atoms with Crippen molar-refractivity contribution in [3.05, 3.63) is 59.7 Å². The van der Waals surface area contributed by atoms with Gasteiger partial charge in [-0.3, -0.25) is 4.79 Å². The normalized spacial score (nSPS) is 9.88. The molecule has 0 aliphatic rings. The number of nitrogens with two attached hydrogens (primary N) is 1. The predicted octanol–water partition coefficient (Wildman–Crippen LogP) is 2.61. The van der Waals surface area contributed by atoms with Crippen LogP contribution in [0.5, 0.6) is 0 Å². The van der Waals surface area contributed by atoms with E-state index in [0.29, 0.717) is 23.5 Å². The van der Waals surface area contributed by atoms with Crippen LogP contribution in [0.3, 0.4) is 0 Å². The molecule has 0 aromatic heterocycles. The molecule has 0 atom stereocenters. The van der Waals surface area contributed by atoms with Gasteiger partial charge >= 0.3 is 12.0 Å². The van der Waals surface area contributed by atoms with E-state index in [0.717, 1.165) is 0 Å². The number of para-hydroxylation sites is 1. The van der Waals surface area contributed by atoms with Crippen LogP contribution in [0.15, 0.2) is 48.5 Å². The first kappa shape index (κ1) is 17.0. The fraction of sp³-hybridized carbons (Fsp3) is 0.118. The largest absolute Gasteiger partial charge is 0.462 e. The standard InChI is InChI=1S/C17H17N3O4/c1-2-24-16(22)11-7-9-12(10-8-11)19-17(23)20-14-6-4-3-5-13(14)15(18)21/h3-10H,2H2,1H3,(H2,18,21)(H2,19,20,23). The van der Waals surface area contributed by atoms with Gasteiger partial charge in [0, 0.05) is 5.69 Å². The van der Waals surface area contributed by atoms with Crippen molar-refractivity contribution in [2.75, 3.05) is 17.2 Å². The lowest BCUT2D eigenvalue weighted by Crippen LogP contribution is -2.22. The molecule has 24 heavy (non-hydrogen) atoms. The molecule has 2 aromatic rings. The molecule has 0 fully saturated rings. The Kier molecular flexibility index (Phi) is 5.51. The highest BCUT2D eigenvalue weighted by Gasteiger charge is 2.11. The van der Waals surface area contributed by atoms with Crippen LogP contribution in [-0.2, 0) is 4.74 Å². The minimum Gasteiger partial charge on any atom is -0.462 e. The van der Waals surface area contributed by atoms with E-state index in [2.05, 4.69) is 10.6 Å². The maximum atomic E-state index is 12.0. The van der Waals surface area contributed by atoms with Crippen molar-refractivity contribution in [2.24, 2.45) is 5.73 Å². The molecular formula is C17H17N3O4. The predicted molar refractivity (Wildman–Crippen MR) is 90.0 cm³/mol. The van der Waals surface area contributed by atoms with Crippen molar-refractivity contribution in [3.63, 3.8) is 0 Å². The maximum Gasteiger partial charge on any atom is 0.338 e. The molecule has 4 N–H and O–H groups in total. The summed E-state index contributed by atoms with van der Waals surface area (Å²) in [6, 6.07) is 12.1. The second-order valence-corrected chi connectivity index (χ2v) is 4.79. The Morgan fingerprint density at radius 2 is 1.67 bits per heavy atom. The Bertz CT molecular complexity index is 757. The van der Waals surface area contributed by atoms with Gasteiger partial charge in [-0.2, -0.15) is 0 Å². The summed E-state index contributed by atoms with van der Waals surface area (Å²) in [6.45, 7) is 2.02. The Balaban J connectivity index is 2.03. The number of carbonyl (C=O) groups is 3. The number of hydrogen-bond acceptors (Lipinski definition) is 4. The van der Waals surface area contributed by atoms with Crippen molar-refractivity contribution in [1.29, 1.82) is 0 Å². The van der Waals surface area contributed by atoms with Crippen LogP contribution in [0.2, 0.25) is 0 Å². The number of urea groups is 1. The SMILES string of the molecule is CCOC(=O)c1ccc(NC(=O)Nc2ccccc2C(N)=O)cc1. The first-order valence-corrected chi connectivity index (χ1v) is 7.25. The number of ether oxygens (including phenoxy) is 1. The quantitative estimate of drug-likeness (QED) is 0.733. The highest BCUT2D eigenvalue weighted by atomic mass is 16.5. The van der Waals surface area contributed by atoms with Gasteiger partial charge < -0.3 is 21.1 Å². The van der Waals surface area contributed by atoms with E-state index in [-0.39, 0.29) is 5.56 Å². The van der Waals surface area contributed by atoms with E-state index >= 15 is 0 Å². The van der Waals surface area contributed by atoms with Crippen molar-refractivity contribution < 1.29 is 19.1 Å². The highest BCUT2D eigenvalue weighted by molar-refractivity contribution is 6.06. The summed E-state index contributed by atoms with van der Waals surface area (Å²) in [4.78, 5) is 34.9. The molecule has 0 saturated heterocycles. The number of rotatable bonds is 5. The number of benzene rings is 2. The van der Waals surface area contributed by atoms with E-state index in [1.807, 2.05) is 0 Å². The number of primary amides is 1. The van der Waals surface area contributed by atoms with Gasteiger partial charge in [-0.1, -0.05) is 12.1 Å². The minimum atomic E-state index is -0.635. The monoisotopic (exact) mass is 327 g/mol. The van der Waals surface area contributed by atoms with Gasteiger partial charge in [-0.25, -0.2) is 9.59 Å². The van der Waals surface area contributed by atoms with Crippen LogP contribution < -0.4 is 16.4 Å². The molecule has 0 bridgehead atoms. The van der Waals surface area contributed by atoms with E-state index in [1.165, 1.54) is 6.07 Å². The van der Waals surface area contributed by atoms with Crippen LogP contribution >= 0.6 is 0 Å². The van der Waals surface area contributed by atoms with Crippen LogP contribution in [-0.4, -0.2) is 24.5 Å². The summed E-state index contributed by atoms with van der Waals surface area (Å²) < 4.78 is 4.88. The lowest BCUT2D eigenvalue weighted by atomic mass is 10.1. The Morgan fingerprint density at radius 3 is 2.29 bits per heavy atom. The molecule has 2 aromatic carbocycles. The summed E-state index contributed by atoms with van der Waals surface area (Å²) >= 11 is 0. The highest BCUT2D eigenvalue weighted by Crippen LogP contribution is 2.15. The number of carbonyl (C=O) groups excluding carboxylic acids is 3. The Morgan fingerprint density at radius 1 is 1.00 bits per heavy atom. The zero-order valence-corrected chi connectivity index (χ0v) is 13.0. The number of amides is 3. The first-order valence-electron chi connectivity index (χ1n) is 7.25. The Labute approximate surface area is 138 Å². The van der Waals surface area contributed by atoms with Gasteiger partial charge in [0.25, 0.3) is 5.91 Å². The third kappa shape index (κ3) is 4.33. The maximum absolute atomic E-state index is 12.0. The molecule has 0 radical (unpaired) electrons. The van der Waals surface area contributed by atoms with Gasteiger partial charge in [0.05, 0.1) is 23.4 Å². The summed E-state index contributed by atoms with van der Waals surface area (Å²) in [6.07, 6.45) is 0. The average Bonchev–Trinajstić information content (AvgIpc) is 2.56. The van der Waals surface area contributed by atoms with Gasteiger partial charge in [-0.15, -0.1) is 0 Å². The number of hydrogen-bond donors (Lipinski definition) is 3. The lowest BCUT2D eigenvalue weighted by molar-refractivity contribution is 0.0526. The van der Waals surface area contributed by atoms with Crippen molar-refractivity contribution in [3.8, 4) is 0 Å². The van der Waals surface area contributed by atoms with E-state index in [1.54, 1.807) is 49.4 Å². The second kappa shape index (κ2) is 7.77. The zero-order chi connectivity index (χ0) is 17.5. The molecule has 0 aliphatic carbocycles. The molecule has 0 unspecified atom stereocenters. The number of nitrogens with one attached hydrogen (secondary N) is 2. The van der Waals surface area contributed by atoms with Crippen molar-refractivity contribution >= 4 is 29.3 Å². The van der Waals surface area contributed by atoms with Crippen molar-refractivity contribution in [1.82, 2.24) is 0 Å². The topological polar surface area (TPSA) is 111 Å². The average molecular weight is 327 g/mol. The minimum absolute atomic E-state index is 0.213. The summed E-state index contributed by atoms with van der Waals surface area (Å²) in [7, 11) is 0. The van der Waals surface area contributed by atoms with Crippen LogP contribution in [0.4, 0.5) is 16.2 Å². The fourth-order valence-electron chi connectivity index (χ4n) is 2.00. The third-order valence-electron chi connectivity index (χ3n) is 3.09. The van der Waals surface area contributed by atoms with E-state index in [4.69, 9.17) is 10.5 Å². The van der Waals surface area contributed by atoms with Crippen LogP contribution in [0.1, 0.15) is 27.6 Å². The number of esters is 1. The zero-order valence-electron chi connectivity index (χ0n) is 13.0. The number of anilines is 2. The molecule has 3 amide bonds. The van der Waals surface area contributed by atoms with Crippen molar-refractivity contribution in [2.45, 2.75) is 6.92 Å².